The van der Waals surface area contributed by atoms with E-state index >= 15 is 0 Å². The lowest BCUT2D eigenvalue weighted by Crippen LogP contribution is -2.33. The summed E-state index contributed by atoms with van der Waals surface area (Å²) in [6.45, 7) is 1.98. The molecule has 2 rings (SSSR count). The molecule has 0 saturated heterocycles. The summed E-state index contributed by atoms with van der Waals surface area (Å²) in [6.07, 6.45) is 5.44. The quantitative estimate of drug-likeness (QED) is 0.819. The van der Waals surface area contributed by atoms with Crippen LogP contribution in [0.2, 0.25) is 0 Å². The standard InChI is InChI=1S/C14H18N4O/c1-2-3-12(8-15)18-14(19)10-4-7-13(16-9-10)17-11-5-6-11/h4,7,9,11-12H,2-3,5-6H2,1H3,(H,16,17)(H,18,19)/t12-/m0/s1. The molecule has 100 valence electrons. The summed E-state index contributed by atoms with van der Waals surface area (Å²) in [7, 11) is 0. The number of nitriles is 1. The molecule has 1 saturated carbocycles. The number of hydrogen-bond donors (Lipinski definition) is 2. The van der Waals surface area contributed by atoms with Gasteiger partial charge in [-0.25, -0.2) is 4.98 Å². The van der Waals surface area contributed by atoms with Gasteiger partial charge in [-0.05, 0) is 31.4 Å². The zero-order chi connectivity index (χ0) is 13.7. The van der Waals surface area contributed by atoms with Crippen LogP contribution < -0.4 is 10.6 Å². The molecule has 0 unspecified atom stereocenters. The largest absolute Gasteiger partial charge is 0.367 e. The van der Waals surface area contributed by atoms with Crippen molar-refractivity contribution in [1.82, 2.24) is 10.3 Å². The third-order valence-electron chi connectivity index (χ3n) is 2.99. The SMILES string of the molecule is CCC[C@@H](C#N)NC(=O)c1ccc(NC2CC2)nc1. The Hall–Kier alpha value is -2.09. The monoisotopic (exact) mass is 258 g/mol. The third-order valence-corrected chi connectivity index (χ3v) is 2.99. The Morgan fingerprint density at radius 3 is 2.89 bits per heavy atom. The van der Waals surface area contributed by atoms with Crippen LogP contribution in [0.3, 0.4) is 0 Å². The first kappa shape index (κ1) is 13.3. The number of nitrogens with one attached hydrogen (secondary N) is 2. The summed E-state index contributed by atoms with van der Waals surface area (Å²) >= 11 is 0. The lowest BCUT2D eigenvalue weighted by Gasteiger charge is -2.10. The Morgan fingerprint density at radius 2 is 2.37 bits per heavy atom. The van der Waals surface area contributed by atoms with Gasteiger partial charge in [-0.3, -0.25) is 4.79 Å². The second kappa shape index (κ2) is 6.19. The Morgan fingerprint density at radius 1 is 1.58 bits per heavy atom. The highest BCUT2D eigenvalue weighted by molar-refractivity contribution is 5.94. The Kier molecular flexibility index (Phi) is 4.35. The van der Waals surface area contributed by atoms with E-state index in [0.717, 1.165) is 12.2 Å². The first-order valence-corrected chi connectivity index (χ1v) is 6.66. The van der Waals surface area contributed by atoms with E-state index in [1.165, 1.54) is 12.8 Å². The fourth-order valence-electron chi connectivity index (χ4n) is 1.75. The van der Waals surface area contributed by atoms with E-state index in [-0.39, 0.29) is 5.91 Å². The summed E-state index contributed by atoms with van der Waals surface area (Å²) in [4.78, 5) is 16.1. The van der Waals surface area contributed by atoms with Crippen molar-refractivity contribution in [3.05, 3.63) is 23.9 Å². The van der Waals surface area contributed by atoms with E-state index in [9.17, 15) is 4.79 Å². The average molecular weight is 258 g/mol. The van der Waals surface area contributed by atoms with Gasteiger partial charge in [0.25, 0.3) is 5.91 Å². The lowest BCUT2D eigenvalue weighted by molar-refractivity contribution is 0.0943. The number of carbonyl (C=O) groups excluding carboxylic acids is 1. The smallest absolute Gasteiger partial charge is 0.253 e. The molecular weight excluding hydrogens is 240 g/mol. The predicted molar refractivity (Wildman–Crippen MR) is 72.7 cm³/mol. The fourth-order valence-corrected chi connectivity index (χ4v) is 1.75. The Labute approximate surface area is 113 Å². The van der Waals surface area contributed by atoms with Gasteiger partial charge in [0.1, 0.15) is 11.9 Å². The van der Waals surface area contributed by atoms with Gasteiger partial charge in [0.2, 0.25) is 0 Å². The molecule has 0 bridgehead atoms. The molecule has 0 aliphatic heterocycles. The van der Waals surface area contributed by atoms with Gasteiger partial charge in [0, 0.05) is 12.2 Å². The van der Waals surface area contributed by atoms with Gasteiger partial charge < -0.3 is 10.6 Å². The number of pyridine rings is 1. The van der Waals surface area contributed by atoms with Gasteiger partial charge in [-0.1, -0.05) is 13.3 Å². The van der Waals surface area contributed by atoms with Crippen LogP contribution in [0.4, 0.5) is 5.82 Å². The van der Waals surface area contributed by atoms with Crippen LogP contribution in [0.1, 0.15) is 43.0 Å². The van der Waals surface area contributed by atoms with Crippen LogP contribution in [0.5, 0.6) is 0 Å². The van der Waals surface area contributed by atoms with Crippen molar-refractivity contribution >= 4 is 11.7 Å². The Balaban J connectivity index is 1.92. The zero-order valence-electron chi connectivity index (χ0n) is 11.0. The van der Waals surface area contributed by atoms with E-state index < -0.39 is 6.04 Å². The molecule has 0 radical (unpaired) electrons. The van der Waals surface area contributed by atoms with Gasteiger partial charge >= 0.3 is 0 Å². The highest BCUT2D eigenvalue weighted by Crippen LogP contribution is 2.23. The lowest BCUT2D eigenvalue weighted by atomic mass is 10.1. The van der Waals surface area contributed by atoms with Crippen LogP contribution in [-0.2, 0) is 0 Å². The summed E-state index contributed by atoms with van der Waals surface area (Å²) in [5, 5.41) is 14.9. The molecule has 0 aromatic carbocycles. The first-order chi connectivity index (χ1) is 9.22. The molecular formula is C14H18N4O. The van der Waals surface area contributed by atoms with Crippen LogP contribution in [0, 0.1) is 11.3 Å². The molecule has 0 spiro atoms. The normalized spacial score (nSPS) is 15.4. The molecule has 5 nitrogen and oxygen atoms in total. The van der Waals surface area contributed by atoms with E-state index in [0.29, 0.717) is 18.0 Å². The number of rotatable bonds is 6. The third kappa shape index (κ3) is 3.95. The van der Waals surface area contributed by atoms with Crippen molar-refractivity contribution in [2.75, 3.05) is 5.32 Å². The van der Waals surface area contributed by atoms with Gasteiger partial charge in [0.15, 0.2) is 0 Å². The van der Waals surface area contributed by atoms with Crippen molar-refractivity contribution in [2.45, 2.75) is 44.7 Å². The van der Waals surface area contributed by atoms with E-state index in [1.807, 2.05) is 6.92 Å². The molecule has 1 fully saturated rings. The topological polar surface area (TPSA) is 77.8 Å². The number of nitrogens with zero attached hydrogens (tertiary/aromatic N) is 2. The second-order valence-electron chi connectivity index (χ2n) is 4.79. The molecule has 1 aliphatic rings. The minimum Gasteiger partial charge on any atom is -0.367 e. The number of amides is 1. The average Bonchev–Trinajstić information content (AvgIpc) is 3.23. The fraction of sp³-hybridized carbons (Fsp3) is 0.500. The Bertz CT molecular complexity index is 473. The van der Waals surface area contributed by atoms with Crippen LogP contribution >= 0.6 is 0 Å². The first-order valence-electron chi connectivity index (χ1n) is 6.66. The maximum Gasteiger partial charge on any atom is 0.253 e. The number of anilines is 1. The van der Waals surface area contributed by atoms with Crippen molar-refractivity contribution in [3.8, 4) is 6.07 Å². The molecule has 1 aromatic heterocycles. The molecule has 1 aliphatic carbocycles. The van der Waals surface area contributed by atoms with Crippen molar-refractivity contribution in [3.63, 3.8) is 0 Å². The molecule has 1 atom stereocenters. The van der Waals surface area contributed by atoms with E-state index in [1.54, 1.807) is 18.3 Å². The minimum atomic E-state index is -0.429. The molecule has 1 heterocycles. The number of hydrogen-bond acceptors (Lipinski definition) is 4. The summed E-state index contributed by atoms with van der Waals surface area (Å²) < 4.78 is 0. The van der Waals surface area contributed by atoms with Crippen LogP contribution in [0.25, 0.3) is 0 Å². The molecule has 1 amide bonds. The second-order valence-corrected chi connectivity index (χ2v) is 4.79. The predicted octanol–water partition coefficient (Wildman–Crippen LogP) is 2.08. The molecule has 5 heteroatoms. The van der Waals surface area contributed by atoms with Gasteiger partial charge in [-0.15, -0.1) is 0 Å². The summed E-state index contributed by atoms with van der Waals surface area (Å²) in [5.41, 5.74) is 0.484. The maximum atomic E-state index is 11.9. The highest BCUT2D eigenvalue weighted by Gasteiger charge is 2.21. The van der Waals surface area contributed by atoms with Crippen LogP contribution in [0.15, 0.2) is 18.3 Å². The van der Waals surface area contributed by atoms with Crippen molar-refractivity contribution in [2.24, 2.45) is 0 Å². The van der Waals surface area contributed by atoms with E-state index in [4.69, 9.17) is 5.26 Å². The molecule has 1 aromatic rings. The summed E-state index contributed by atoms with van der Waals surface area (Å²) in [6, 6.07) is 5.73. The van der Waals surface area contributed by atoms with E-state index in [2.05, 4.69) is 21.7 Å². The summed E-state index contributed by atoms with van der Waals surface area (Å²) in [5.74, 6) is 0.551. The number of aromatic nitrogens is 1. The van der Waals surface area contributed by atoms with Crippen molar-refractivity contribution in [1.29, 1.82) is 5.26 Å². The zero-order valence-corrected chi connectivity index (χ0v) is 11.0. The molecule has 19 heavy (non-hydrogen) atoms. The van der Waals surface area contributed by atoms with Gasteiger partial charge in [0.05, 0.1) is 11.6 Å². The maximum absolute atomic E-state index is 11.9. The van der Waals surface area contributed by atoms with Gasteiger partial charge in [-0.2, -0.15) is 5.26 Å². The van der Waals surface area contributed by atoms with Crippen molar-refractivity contribution < 1.29 is 4.79 Å². The van der Waals surface area contributed by atoms with Crippen LogP contribution in [-0.4, -0.2) is 23.0 Å². The minimum absolute atomic E-state index is 0.245. The number of carbonyl (C=O) groups is 1. The molecule has 2 N–H and O–H groups in total. The highest BCUT2D eigenvalue weighted by atomic mass is 16.1.